The number of hydrogen-bond acceptors (Lipinski definition) is 0. The number of benzene rings is 2. The van der Waals surface area contributed by atoms with E-state index in [-0.39, 0.29) is 0 Å². The first-order valence-electron chi connectivity index (χ1n) is 5.48. The van der Waals surface area contributed by atoms with E-state index in [0.29, 0.717) is 0 Å². The van der Waals surface area contributed by atoms with Gasteiger partial charge < -0.3 is 0 Å². The molecule has 0 aliphatic heterocycles. The van der Waals surface area contributed by atoms with Crippen molar-refractivity contribution < 1.29 is 4.58 Å². The van der Waals surface area contributed by atoms with Gasteiger partial charge >= 0.3 is 0 Å². The first kappa shape index (κ1) is 10.6. The van der Waals surface area contributed by atoms with E-state index in [9.17, 15) is 0 Å². The molecule has 2 aromatic rings. The minimum atomic E-state index is 0.885. The molecular weight excluding hydrogens is 194 g/mol. The van der Waals surface area contributed by atoms with Crippen LogP contribution in [0.1, 0.15) is 11.1 Å². The van der Waals surface area contributed by atoms with Gasteiger partial charge in [-0.25, -0.2) is 4.58 Å². The Morgan fingerprint density at radius 1 is 0.688 bits per heavy atom. The Balaban J connectivity index is 1.95. The van der Waals surface area contributed by atoms with Crippen molar-refractivity contribution in [3.05, 3.63) is 71.8 Å². The van der Waals surface area contributed by atoms with Gasteiger partial charge in [0.1, 0.15) is 6.72 Å². The Labute approximate surface area is 96.7 Å². The summed E-state index contributed by atoms with van der Waals surface area (Å²) >= 11 is 0. The molecule has 0 aliphatic rings. The Bertz CT molecular complexity index is 402. The van der Waals surface area contributed by atoms with E-state index in [1.54, 1.807) is 0 Å². The second-order valence-corrected chi connectivity index (χ2v) is 3.96. The summed E-state index contributed by atoms with van der Waals surface area (Å²) in [4.78, 5) is 0. The molecule has 0 N–H and O–H groups in total. The summed E-state index contributed by atoms with van der Waals surface area (Å²) in [5.41, 5.74) is 2.60. The van der Waals surface area contributed by atoms with E-state index >= 15 is 0 Å². The van der Waals surface area contributed by atoms with Crippen LogP contribution in [0, 0.1) is 0 Å². The van der Waals surface area contributed by atoms with E-state index < -0.39 is 0 Å². The van der Waals surface area contributed by atoms with Crippen LogP contribution in [0.25, 0.3) is 0 Å². The fourth-order valence-electron chi connectivity index (χ4n) is 1.74. The van der Waals surface area contributed by atoms with Gasteiger partial charge in [0.2, 0.25) is 0 Å². The highest BCUT2D eigenvalue weighted by Gasteiger charge is 2.03. The lowest BCUT2D eigenvalue weighted by Crippen LogP contribution is -2.08. The number of rotatable bonds is 4. The number of hydrogen-bond donors (Lipinski definition) is 0. The molecule has 0 atom stereocenters. The molecule has 0 fully saturated rings. The zero-order valence-corrected chi connectivity index (χ0v) is 9.34. The Morgan fingerprint density at radius 3 is 1.44 bits per heavy atom. The van der Waals surface area contributed by atoms with E-state index in [0.717, 1.165) is 13.1 Å². The Hall–Kier alpha value is -1.89. The predicted octanol–water partition coefficient (Wildman–Crippen LogP) is 3.10. The molecule has 1 nitrogen and oxygen atoms in total. The summed E-state index contributed by atoms with van der Waals surface area (Å²) < 4.78 is 2.07. The van der Waals surface area contributed by atoms with Gasteiger partial charge in [0, 0.05) is 11.1 Å². The largest absolute Gasteiger partial charge is 0.234 e. The maximum atomic E-state index is 4.06. The fraction of sp³-hybridized carbons (Fsp3) is 0.133. The highest BCUT2D eigenvalue weighted by molar-refractivity contribution is 5.19. The van der Waals surface area contributed by atoms with Crippen molar-refractivity contribution in [2.75, 3.05) is 0 Å². The zero-order chi connectivity index (χ0) is 11.2. The SMILES string of the molecule is C=[N+](Cc1ccccc1)Cc1ccccc1. The summed E-state index contributed by atoms with van der Waals surface area (Å²) in [6, 6.07) is 20.8. The molecular formula is C15H16N+. The van der Waals surface area contributed by atoms with Crippen molar-refractivity contribution in [3.63, 3.8) is 0 Å². The lowest BCUT2D eigenvalue weighted by Gasteiger charge is -2.02. The molecule has 0 aromatic heterocycles. The van der Waals surface area contributed by atoms with E-state index in [4.69, 9.17) is 0 Å². The summed E-state index contributed by atoms with van der Waals surface area (Å²) in [5, 5.41) is 0. The molecule has 2 rings (SSSR count). The van der Waals surface area contributed by atoms with Gasteiger partial charge in [0.05, 0.1) is 0 Å². The molecule has 1 heteroatoms. The quantitative estimate of drug-likeness (QED) is 0.539. The standard InChI is InChI=1S/C15H16N/c1-16(12-14-8-4-2-5-9-14)13-15-10-6-3-7-11-15/h2-11H,1,12-13H2/q+1. The maximum Gasteiger partial charge on any atom is 0.168 e. The average molecular weight is 210 g/mol. The van der Waals surface area contributed by atoms with Crippen LogP contribution >= 0.6 is 0 Å². The maximum absolute atomic E-state index is 4.06. The first-order chi connectivity index (χ1) is 7.84. The summed E-state index contributed by atoms with van der Waals surface area (Å²) in [7, 11) is 0. The lowest BCUT2D eigenvalue weighted by atomic mass is 10.2. The normalized spacial score (nSPS) is 10.0. The smallest absolute Gasteiger partial charge is 0.168 e. The number of nitrogens with zero attached hydrogens (tertiary/aromatic N) is 1. The first-order valence-corrected chi connectivity index (χ1v) is 5.48. The van der Waals surface area contributed by atoms with Crippen molar-refractivity contribution in [2.45, 2.75) is 13.1 Å². The third kappa shape index (κ3) is 3.06. The van der Waals surface area contributed by atoms with Gasteiger partial charge in [-0.15, -0.1) is 0 Å². The van der Waals surface area contributed by atoms with E-state index in [1.807, 2.05) is 12.1 Å². The lowest BCUT2D eigenvalue weighted by molar-refractivity contribution is -0.551. The van der Waals surface area contributed by atoms with Crippen LogP contribution < -0.4 is 0 Å². The monoisotopic (exact) mass is 210 g/mol. The van der Waals surface area contributed by atoms with Gasteiger partial charge in [0.15, 0.2) is 13.1 Å². The summed E-state index contributed by atoms with van der Waals surface area (Å²) in [5.74, 6) is 0. The van der Waals surface area contributed by atoms with Crippen LogP contribution in [0.5, 0.6) is 0 Å². The highest BCUT2D eigenvalue weighted by Crippen LogP contribution is 2.04. The van der Waals surface area contributed by atoms with Gasteiger partial charge in [0.25, 0.3) is 0 Å². The molecule has 0 heterocycles. The van der Waals surface area contributed by atoms with Crippen molar-refractivity contribution in [1.82, 2.24) is 0 Å². The van der Waals surface area contributed by atoms with Crippen LogP contribution in [-0.2, 0) is 13.1 Å². The van der Waals surface area contributed by atoms with Gasteiger partial charge in [-0.1, -0.05) is 60.7 Å². The van der Waals surface area contributed by atoms with Gasteiger partial charge in [-0.05, 0) is 0 Å². The molecule has 0 radical (unpaired) electrons. The van der Waals surface area contributed by atoms with Crippen molar-refractivity contribution in [3.8, 4) is 0 Å². The van der Waals surface area contributed by atoms with Crippen molar-refractivity contribution in [1.29, 1.82) is 0 Å². The molecule has 16 heavy (non-hydrogen) atoms. The van der Waals surface area contributed by atoms with Crippen LogP contribution in [0.15, 0.2) is 60.7 Å². The average Bonchev–Trinajstić information content (AvgIpc) is 2.31. The molecule has 0 unspecified atom stereocenters. The fourth-order valence-corrected chi connectivity index (χ4v) is 1.74. The van der Waals surface area contributed by atoms with Gasteiger partial charge in [-0.2, -0.15) is 0 Å². The second kappa shape index (κ2) is 5.26. The molecule has 0 saturated carbocycles. The molecule has 2 aromatic carbocycles. The van der Waals surface area contributed by atoms with Crippen molar-refractivity contribution >= 4 is 6.72 Å². The molecule has 0 spiro atoms. The Kier molecular flexibility index (Phi) is 3.50. The molecule has 80 valence electrons. The third-order valence-corrected chi connectivity index (χ3v) is 2.50. The molecule has 0 amide bonds. The van der Waals surface area contributed by atoms with Crippen molar-refractivity contribution in [2.24, 2.45) is 0 Å². The third-order valence-electron chi connectivity index (χ3n) is 2.50. The topological polar surface area (TPSA) is 3.01 Å². The zero-order valence-electron chi connectivity index (χ0n) is 9.34. The second-order valence-electron chi connectivity index (χ2n) is 3.96. The van der Waals surface area contributed by atoms with Crippen LogP contribution in [-0.4, -0.2) is 11.3 Å². The minimum absolute atomic E-state index is 0.885. The molecule has 0 aliphatic carbocycles. The van der Waals surface area contributed by atoms with Crippen LogP contribution in [0.2, 0.25) is 0 Å². The highest BCUT2D eigenvalue weighted by atomic mass is 15.0. The minimum Gasteiger partial charge on any atom is -0.234 e. The van der Waals surface area contributed by atoms with E-state index in [2.05, 4.69) is 59.8 Å². The summed E-state index contributed by atoms with van der Waals surface area (Å²) in [6.07, 6.45) is 0. The van der Waals surface area contributed by atoms with Gasteiger partial charge in [-0.3, -0.25) is 0 Å². The summed E-state index contributed by atoms with van der Waals surface area (Å²) in [6.45, 7) is 5.83. The molecule has 0 bridgehead atoms. The van der Waals surface area contributed by atoms with Crippen LogP contribution in [0.3, 0.4) is 0 Å². The predicted molar refractivity (Wildman–Crippen MR) is 67.7 cm³/mol. The molecule has 0 saturated heterocycles. The van der Waals surface area contributed by atoms with E-state index in [1.165, 1.54) is 11.1 Å². The Morgan fingerprint density at radius 2 is 1.06 bits per heavy atom. The van der Waals surface area contributed by atoms with Crippen LogP contribution in [0.4, 0.5) is 0 Å².